The number of hydrogen-bond donors (Lipinski definition) is 1. The minimum absolute atomic E-state index is 0.00156. The molecule has 0 fully saturated rings. The Morgan fingerprint density at radius 1 is 1.14 bits per heavy atom. The topological polar surface area (TPSA) is 29.1 Å². The lowest BCUT2D eigenvalue weighted by Gasteiger charge is -2.09. The number of thioether (sulfide) groups is 1. The van der Waals surface area contributed by atoms with Gasteiger partial charge in [-0.1, -0.05) is 12.1 Å². The van der Waals surface area contributed by atoms with Crippen LogP contribution in [0.4, 0.5) is 10.1 Å². The molecule has 0 heterocycles. The molecule has 1 amide bonds. The summed E-state index contributed by atoms with van der Waals surface area (Å²) in [4.78, 5) is 12.9. The second-order valence-corrected chi connectivity index (χ2v) is 6.09. The summed E-state index contributed by atoms with van der Waals surface area (Å²) in [6.45, 7) is 3.97. The highest BCUT2D eigenvalue weighted by Gasteiger charge is 2.05. The summed E-state index contributed by atoms with van der Waals surface area (Å²) in [6.07, 6.45) is 0.426. The Balaban J connectivity index is 1.82. The molecule has 0 bridgehead atoms. The number of rotatable bonds is 5. The lowest BCUT2D eigenvalue weighted by atomic mass is 10.1. The highest BCUT2D eigenvalue weighted by Crippen LogP contribution is 2.20. The molecular weight excluding hydrogens is 285 g/mol. The molecule has 0 saturated carbocycles. The molecule has 0 aliphatic carbocycles. The van der Waals surface area contributed by atoms with Gasteiger partial charge in [-0.2, -0.15) is 0 Å². The van der Waals surface area contributed by atoms with Gasteiger partial charge < -0.3 is 5.32 Å². The molecule has 0 saturated heterocycles. The van der Waals surface area contributed by atoms with Gasteiger partial charge in [0.15, 0.2) is 0 Å². The van der Waals surface area contributed by atoms with Crippen LogP contribution in [0.15, 0.2) is 47.4 Å². The van der Waals surface area contributed by atoms with E-state index in [4.69, 9.17) is 0 Å². The molecule has 0 atom stereocenters. The minimum Gasteiger partial charge on any atom is -0.326 e. The van der Waals surface area contributed by atoms with Crippen molar-refractivity contribution >= 4 is 23.4 Å². The zero-order valence-electron chi connectivity index (χ0n) is 12.2. The van der Waals surface area contributed by atoms with E-state index in [0.29, 0.717) is 12.2 Å². The van der Waals surface area contributed by atoms with Crippen LogP contribution in [0.2, 0.25) is 0 Å². The Kier molecular flexibility index (Phi) is 5.39. The van der Waals surface area contributed by atoms with Crippen molar-refractivity contribution < 1.29 is 9.18 Å². The number of carbonyl (C=O) groups excluding carboxylic acids is 1. The highest BCUT2D eigenvalue weighted by atomic mass is 32.2. The summed E-state index contributed by atoms with van der Waals surface area (Å²) in [7, 11) is 0. The molecule has 0 aromatic heterocycles. The number of aryl methyl sites for hydroxylation is 2. The molecule has 4 heteroatoms. The van der Waals surface area contributed by atoms with Crippen molar-refractivity contribution in [3.05, 3.63) is 59.4 Å². The number of nitrogens with one attached hydrogen (secondary N) is 1. The Labute approximate surface area is 128 Å². The first-order valence-corrected chi connectivity index (χ1v) is 7.78. The summed E-state index contributed by atoms with van der Waals surface area (Å²) < 4.78 is 12.8. The zero-order valence-corrected chi connectivity index (χ0v) is 13.0. The molecular formula is C17H18FNOS. The minimum atomic E-state index is -0.244. The number of hydrogen-bond acceptors (Lipinski definition) is 2. The second-order valence-electron chi connectivity index (χ2n) is 4.92. The molecule has 2 rings (SSSR count). The van der Waals surface area contributed by atoms with E-state index in [0.717, 1.165) is 21.7 Å². The van der Waals surface area contributed by atoms with Gasteiger partial charge in [-0.3, -0.25) is 4.79 Å². The number of anilines is 1. The van der Waals surface area contributed by atoms with E-state index < -0.39 is 0 Å². The molecule has 1 N–H and O–H groups in total. The van der Waals surface area contributed by atoms with Crippen molar-refractivity contribution in [1.29, 1.82) is 0 Å². The van der Waals surface area contributed by atoms with Gasteiger partial charge in [0, 0.05) is 22.8 Å². The van der Waals surface area contributed by atoms with E-state index in [1.54, 1.807) is 23.9 Å². The van der Waals surface area contributed by atoms with E-state index in [1.807, 2.05) is 32.0 Å². The first kappa shape index (κ1) is 15.6. The van der Waals surface area contributed by atoms with Crippen LogP contribution in [0.1, 0.15) is 17.5 Å². The maximum Gasteiger partial charge on any atom is 0.225 e. The number of carbonyl (C=O) groups is 1. The Bertz CT molecular complexity index is 625. The van der Waals surface area contributed by atoms with Crippen LogP contribution in [-0.2, 0) is 4.79 Å². The summed E-state index contributed by atoms with van der Waals surface area (Å²) in [5.74, 6) is 0.424. The van der Waals surface area contributed by atoms with Gasteiger partial charge in [0.2, 0.25) is 5.91 Å². The average molecular weight is 303 g/mol. The van der Waals surface area contributed by atoms with E-state index in [1.165, 1.54) is 12.1 Å². The SMILES string of the molecule is Cc1ccc(C)c(NC(=O)CCSc2ccc(F)cc2)c1. The molecule has 0 radical (unpaired) electrons. The van der Waals surface area contributed by atoms with E-state index in [-0.39, 0.29) is 11.7 Å². The summed E-state index contributed by atoms with van der Waals surface area (Å²) >= 11 is 1.55. The van der Waals surface area contributed by atoms with Crippen LogP contribution in [0.5, 0.6) is 0 Å². The van der Waals surface area contributed by atoms with Crippen LogP contribution < -0.4 is 5.32 Å². The van der Waals surface area contributed by atoms with Gasteiger partial charge in [-0.05, 0) is 55.3 Å². The Morgan fingerprint density at radius 2 is 1.86 bits per heavy atom. The van der Waals surface area contributed by atoms with Crippen molar-refractivity contribution in [2.75, 3.05) is 11.1 Å². The van der Waals surface area contributed by atoms with Crippen LogP contribution in [0.3, 0.4) is 0 Å². The molecule has 2 aromatic rings. The quantitative estimate of drug-likeness (QED) is 0.820. The third kappa shape index (κ3) is 4.90. The van der Waals surface area contributed by atoms with Crippen molar-refractivity contribution in [3.63, 3.8) is 0 Å². The van der Waals surface area contributed by atoms with E-state index in [2.05, 4.69) is 5.32 Å². The monoisotopic (exact) mass is 303 g/mol. The number of amides is 1. The van der Waals surface area contributed by atoms with Crippen LogP contribution in [0, 0.1) is 19.7 Å². The average Bonchev–Trinajstić information content (AvgIpc) is 2.45. The molecule has 2 aromatic carbocycles. The van der Waals surface area contributed by atoms with Gasteiger partial charge in [0.05, 0.1) is 0 Å². The molecule has 0 aliphatic rings. The summed E-state index contributed by atoms with van der Waals surface area (Å²) in [5.41, 5.74) is 3.04. The smallest absolute Gasteiger partial charge is 0.225 e. The second kappa shape index (κ2) is 7.27. The molecule has 0 unspecified atom stereocenters. The normalized spacial score (nSPS) is 10.4. The standard InChI is InChI=1S/C17H18FNOS/c1-12-3-4-13(2)16(11-12)19-17(20)9-10-21-15-7-5-14(18)6-8-15/h3-8,11H,9-10H2,1-2H3,(H,19,20). The largest absolute Gasteiger partial charge is 0.326 e. The number of benzene rings is 2. The van der Waals surface area contributed by atoms with E-state index >= 15 is 0 Å². The predicted molar refractivity (Wildman–Crippen MR) is 86.3 cm³/mol. The fourth-order valence-corrected chi connectivity index (χ4v) is 2.73. The molecule has 110 valence electrons. The maximum atomic E-state index is 12.8. The number of halogens is 1. The van der Waals surface area contributed by atoms with Crippen LogP contribution in [0.25, 0.3) is 0 Å². The Morgan fingerprint density at radius 3 is 2.57 bits per heavy atom. The van der Waals surface area contributed by atoms with Gasteiger partial charge >= 0.3 is 0 Å². The van der Waals surface area contributed by atoms with Gasteiger partial charge in [-0.15, -0.1) is 11.8 Å². The van der Waals surface area contributed by atoms with Crippen LogP contribution in [-0.4, -0.2) is 11.7 Å². The van der Waals surface area contributed by atoms with Crippen LogP contribution >= 0.6 is 11.8 Å². The lowest BCUT2D eigenvalue weighted by Crippen LogP contribution is -2.13. The lowest BCUT2D eigenvalue weighted by molar-refractivity contribution is -0.115. The van der Waals surface area contributed by atoms with Gasteiger partial charge in [0.1, 0.15) is 5.82 Å². The fourth-order valence-electron chi connectivity index (χ4n) is 1.88. The van der Waals surface area contributed by atoms with Crippen molar-refractivity contribution in [2.45, 2.75) is 25.2 Å². The first-order chi connectivity index (χ1) is 10.0. The highest BCUT2D eigenvalue weighted by molar-refractivity contribution is 7.99. The van der Waals surface area contributed by atoms with Crippen molar-refractivity contribution in [3.8, 4) is 0 Å². The summed E-state index contributed by atoms with van der Waals surface area (Å²) in [6, 6.07) is 12.3. The van der Waals surface area contributed by atoms with Crippen molar-refractivity contribution in [1.82, 2.24) is 0 Å². The molecule has 21 heavy (non-hydrogen) atoms. The van der Waals surface area contributed by atoms with Crippen molar-refractivity contribution in [2.24, 2.45) is 0 Å². The predicted octanol–water partition coefficient (Wildman–Crippen LogP) is 4.56. The maximum absolute atomic E-state index is 12.8. The van der Waals surface area contributed by atoms with Gasteiger partial charge in [-0.25, -0.2) is 4.39 Å². The fraction of sp³-hybridized carbons (Fsp3) is 0.235. The molecule has 0 aliphatic heterocycles. The zero-order chi connectivity index (χ0) is 15.2. The third-order valence-corrected chi connectivity index (χ3v) is 4.09. The molecule has 0 spiro atoms. The molecule has 2 nitrogen and oxygen atoms in total. The van der Waals surface area contributed by atoms with E-state index in [9.17, 15) is 9.18 Å². The van der Waals surface area contributed by atoms with Gasteiger partial charge in [0.25, 0.3) is 0 Å². The third-order valence-electron chi connectivity index (χ3n) is 3.08. The summed E-state index contributed by atoms with van der Waals surface area (Å²) in [5, 5.41) is 2.93. The first-order valence-electron chi connectivity index (χ1n) is 6.80. The Hall–Kier alpha value is -1.81.